The Bertz CT molecular complexity index is 1090. The monoisotopic (exact) mass is 356 g/mol. The van der Waals surface area contributed by atoms with Gasteiger partial charge in [-0.1, -0.05) is 6.07 Å². The van der Waals surface area contributed by atoms with Crippen molar-refractivity contribution in [1.82, 2.24) is 24.2 Å². The normalized spacial score (nSPS) is 17.9. The molecule has 0 saturated heterocycles. The minimum atomic E-state index is -3.51. The van der Waals surface area contributed by atoms with E-state index < -0.39 is 16.1 Å². The van der Waals surface area contributed by atoms with Crippen LogP contribution >= 0.6 is 0 Å². The van der Waals surface area contributed by atoms with Crippen LogP contribution in [-0.2, 0) is 17.1 Å². The first-order chi connectivity index (χ1) is 11.9. The molecule has 1 aliphatic rings. The van der Waals surface area contributed by atoms with Gasteiger partial charge in [-0.3, -0.25) is 14.6 Å². The molecule has 4 rings (SSSR count). The van der Waals surface area contributed by atoms with E-state index in [9.17, 15) is 8.42 Å². The van der Waals surface area contributed by atoms with Gasteiger partial charge in [-0.05, 0) is 23.8 Å². The minimum Gasteiger partial charge on any atom is -0.267 e. The fourth-order valence-corrected chi connectivity index (χ4v) is 3.95. The zero-order chi connectivity index (χ0) is 17.6. The SMILES string of the molecule is Cn1nccc1C1=NN(S(C)(=O)=O)[C@H](c2ccc3nccnc3c2)C1. The summed E-state index contributed by atoms with van der Waals surface area (Å²) in [6.07, 6.45) is 6.55. The number of nitrogens with zero attached hydrogens (tertiary/aromatic N) is 6. The molecule has 0 saturated carbocycles. The Morgan fingerprint density at radius 3 is 2.52 bits per heavy atom. The Balaban J connectivity index is 1.79. The van der Waals surface area contributed by atoms with Gasteiger partial charge in [0.2, 0.25) is 10.0 Å². The third-order valence-corrected chi connectivity index (χ3v) is 5.22. The van der Waals surface area contributed by atoms with Crippen LogP contribution in [0.1, 0.15) is 23.7 Å². The standard InChI is InChI=1S/C16H16N6O2S/c1-21-15(5-6-19-21)14-10-16(22(20-14)25(2,23)24)11-3-4-12-13(9-11)18-8-7-17-12/h3-9,16H,10H2,1-2H3/t16-/m0/s1. The van der Waals surface area contributed by atoms with Gasteiger partial charge in [0.25, 0.3) is 0 Å². The first-order valence-corrected chi connectivity index (χ1v) is 9.54. The van der Waals surface area contributed by atoms with Crippen molar-refractivity contribution < 1.29 is 8.42 Å². The number of hydrazone groups is 1. The summed E-state index contributed by atoms with van der Waals surface area (Å²) in [5, 5.41) is 8.50. The summed E-state index contributed by atoms with van der Waals surface area (Å²) in [4.78, 5) is 8.55. The van der Waals surface area contributed by atoms with Crippen LogP contribution < -0.4 is 0 Å². The molecule has 0 aliphatic carbocycles. The molecule has 25 heavy (non-hydrogen) atoms. The third kappa shape index (κ3) is 2.76. The van der Waals surface area contributed by atoms with Crippen molar-refractivity contribution in [3.8, 4) is 0 Å². The van der Waals surface area contributed by atoms with E-state index in [1.54, 1.807) is 23.3 Å². The molecule has 0 radical (unpaired) electrons. The Morgan fingerprint density at radius 1 is 1.08 bits per heavy atom. The van der Waals surface area contributed by atoms with Gasteiger partial charge in [-0.25, -0.2) is 8.42 Å². The molecule has 1 atom stereocenters. The number of hydrogen-bond donors (Lipinski definition) is 0. The molecule has 0 bridgehead atoms. The predicted molar refractivity (Wildman–Crippen MR) is 93.3 cm³/mol. The number of aryl methyl sites for hydroxylation is 1. The zero-order valence-corrected chi connectivity index (χ0v) is 14.6. The van der Waals surface area contributed by atoms with Crippen LogP contribution in [0.15, 0.2) is 48.0 Å². The van der Waals surface area contributed by atoms with E-state index in [1.807, 2.05) is 31.3 Å². The van der Waals surface area contributed by atoms with Crippen LogP contribution in [0.3, 0.4) is 0 Å². The average Bonchev–Trinajstić information content (AvgIpc) is 3.20. The summed E-state index contributed by atoms with van der Waals surface area (Å²) in [7, 11) is -1.70. The van der Waals surface area contributed by atoms with E-state index >= 15 is 0 Å². The molecule has 1 aliphatic heterocycles. The molecule has 8 nitrogen and oxygen atoms in total. The van der Waals surface area contributed by atoms with Crippen molar-refractivity contribution >= 4 is 26.8 Å². The maximum atomic E-state index is 12.2. The predicted octanol–water partition coefficient (Wildman–Crippen LogP) is 1.47. The molecule has 0 unspecified atom stereocenters. The van der Waals surface area contributed by atoms with E-state index in [4.69, 9.17) is 0 Å². The molecule has 0 N–H and O–H groups in total. The molecule has 1 aromatic carbocycles. The summed E-state index contributed by atoms with van der Waals surface area (Å²) in [6, 6.07) is 7.01. The Kier molecular flexibility index (Phi) is 3.53. The average molecular weight is 356 g/mol. The molecular weight excluding hydrogens is 340 g/mol. The number of hydrogen-bond acceptors (Lipinski definition) is 6. The van der Waals surface area contributed by atoms with Crippen LogP contribution in [-0.4, -0.2) is 44.5 Å². The number of aromatic nitrogens is 4. The van der Waals surface area contributed by atoms with Crippen molar-refractivity contribution in [1.29, 1.82) is 0 Å². The van der Waals surface area contributed by atoms with Crippen molar-refractivity contribution in [2.24, 2.45) is 12.1 Å². The molecule has 0 amide bonds. The van der Waals surface area contributed by atoms with Gasteiger partial charge in [0.05, 0.1) is 34.7 Å². The maximum Gasteiger partial charge on any atom is 0.247 e. The number of sulfonamides is 1. The highest BCUT2D eigenvalue weighted by molar-refractivity contribution is 7.88. The number of fused-ring (bicyclic) bond motifs is 1. The lowest BCUT2D eigenvalue weighted by Crippen LogP contribution is -2.25. The van der Waals surface area contributed by atoms with Gasteiger partial charge >= 0.3 is 0 Å². The van der Waals surface area contributed by atoms with Gasteiger partial charge in [-0.2, -0.15) is 14.6 Å². The van der Waals surface area contributed by atoms with E-state index in [0.717, 1.165) is 28.5 Å². The quantitative estimate of drug-likeness (QED) is 0.708. The Morgan fingerprint density at radius 2 is 1.84 bits per heavy atom. The fourth-order valence-electron chi connectivity index (χ4n) is 3.04. The van der Waals surface area contributed by atoms with E-state index in [1.165, 1.54) is 4.41 Å². The largest absolute Gasteiger partial charge is 0.267 e. The molecule has 3 heterocycles. The van der Waals surface area contributed by atoms with E-state index in [0.29, 0.717) is 12.1 Å². The fraction of sp³-hybridized carbons (Fsp3) is 0.250. The summed E-state index contributed by atoms with van der Waals surface area (Å²) >= 11 is 0. The van der Waals surface area contributed by atoms with Crippen molar-refractivity contribution in [3.63, 3.8) is 0 Å². The zero-order valence-electron chi connectivity index (χ0n) is 13.7. The molecule has 128 valence electrons. The summed E-state index contributed by atoms with van der Waals surface area (Å²) < 4.78 is 27.4. The van der Waals surface area contributed by atoms with E-state index in [2.05, 4.69) is 20.2 Å². The van der Waals surface area contributed by atoms with Gasteiger partial charge < -0.3 is 0 Å². The van der Waals surface area contributed by atoms with Crippen LogP contribution in [0, 0.1) is 0 Å². The lowest BCUT2D eigenvalue weighted by atomic mass is 10.0. The summed E-state index contributed by atoms with van der Waals surface area (Å²) in [5.74, 6) is 0. The molecule has 3 aromatic rings. The highest BCUT2D eigenvalue weighted by Crippen LogP contribution is 2.35. The van der Waals surface area contributed by atoms with Crippen LogP contribution in [0.5, 0.6) is 0 Å². The van der Waals surface area contributed by atoms with Crippen LogP contribution in [0.25, 0.3) is 11.0 Å². The van der Waals surface area contributed by atoms with Crippen LogP contribution in [0.4, 0.5) is 0 Å². The van der Waals surface area contributed by atoms with Crippen molar-refractivity contribution in [2.75, 3.05) is 6.26 Å². The number of rotatable bonds is 3. The van der Waals surface area contributed by atoms with Crippen molar-refractivity contribution in [2.45, 2.75) is 12.5 Å². The second kappa shape index (κ2) is 5.62. The van der Waals surface area contributed by atoms with Gasteiger partial charge in [-0.15, -0.1) is 0 Å². The van der Waals surface area contributed by atoms with Crippen molar-refractivity contribution in [3.05, 3.63) is 54.1 Å². The third-order valence-electron chi connectivity index (χ3n) is 4.21. The lowest BCUT2D eigenvalue weighted by molar-refractivity contribution is 0.375. The van der Waals surface area contributed by atoms with Gasteiger partial charge in [0, 0.05) is 32.1 Å². The molecule has 0 fully saturated rings. The smallest absolute Gasteiger partial charge is 0.247 e. The van der Waals surface area contributed by atoms with Gasteiger partial charge in [0.15, 0.2) is 0 Å². The first kappa shape index (κ1) is 15.7. The molecular formula is C16H16N6O2S. The topological polar surface area (TPSA) is 93.3 Å². The molecule has 2 aromatic heterocycles. The lowest BCUT2D eigenvalue weighted by Gasteiger charge is -2.21. The van der Waals surface area contributed by atoms with E-state index in [-0.39, 0.29) is 0 Å². The highest BCUT2D eigenvalue weighted by Gasteiger charge is 2.35. The second-order valence-corrected chi connectivity index (χ2v) is 7.79. The summed E-state index contributed by atoms with van der Waals surface area (Å²) in [6.45, 7) is 0. The van der Waals surface area contributed by atoms with Gasteiger partial charge in [0.1, 0.15) is 0 Å². The first-order valence-electron chi connectivity index (χ1n) is 7.69. The maximum absolute atomic E-state index is 12.2. The number of benzene rings is 1. The Labute approximate surface area is 144 Å². The highest BCUT2D eigenvalue weighted by atomic mass is 32.2. The van der Waals surface area contributed by atoms with Crippen LogP contribution in [0.2, 0.25) is 0 Å². The minimum absolute atomic E-state index is 0.411. The molecule has 0 spiro atoms. The summed E-state index contributed by atoms with van der Waals surface area (Å²) in [5.41, 5.74) is 3.82. The Hall–Kier alpha value is -2.81. The second-order valence-electron chi connectivity index (χ2n) is 5.95. The molecule has 9 heteroatoms.